The summed E-state index contributed by atoms with van der Waals surface area (Å²) in [7, 11) is 0. The van der Waals surface area contributed by atoms with Gasteiger partial charge in [-0.15, -0.1) is 0 Å². The van der Waals surface area contributed by atoms with Crippen molar-refractivity contribution in [1.82, 2.24) is 15.5 Å². The summed E-state index contributed by atoms with van der Waals surface area (Å²) in [6, 6.07) is 5.04. The number of nitrogens with zero attached hydrogens (tertiary/aromatic N) is 2. The van der Waals surface area contributed by atoms with E-state index in [4.69, 9.17) is 9.41 Å². The predicted octanol–water partition coefficient (Wildman–Crippen LogP) is 3.73. The van der Waals surface area contributed by atoms with Crippen molar-refractivity contribution >= 4 is 5.96 Å². The molecule has 2 aliphatic rings. The van der Waals surface area contributed by atoms with Crippen LogP contribution in [0.25, 0.3) is 0 Å². The van der Waals surface area contributed by atoms with Gasteiger partial charge in [0.15, 0.2) is 5.96 Å². The van der Waals surface area contributed by atoms with Crippen molar-refractivity contribution in [1.29, 1.82) is 0 Å². The molecule has 3 rings (SSSR count). The van der Waals surface area contributed by atoms with Gasteiger partial charge in [-0.3, -0.25) is 9.89 Å². The lowest BCUT2D eigenvalue weighted by Gasteiger charge is -2.34. The molecule has 5 heteroatoms. The van der Waals surface area contributed by atoms with Gasteiger partial charge in [0.1, 0.15) is 5.76 Å². The van der Waals surface area contributed by atoms with Crippen LogP contribution in [0.3, 0.4) is 0 Å². The summed E-state index contributed by atoms with van der Waals surface area (Å²) in [5, 5.41) is 7.42. The Hall–Kier alpha value is -1.75. The molecule has 0 amide bonds. The summed E-state index contributed by atoms with van der Waals surface area (Å²) in [5.41, 5.74) is 1.25. The van der Waals surface area contributed by atoms with Crippen LogP contribution in [-0.2, 0) is 6.42 Å². The first kappa shape index (κ1) is 20.0. The Labute approximate surface area is 164 Å². The molecule has 1 aromatic rings. The van der Waals surface area contributed by atoms with Gasteiger partial charge in [0.25, 0.3) is 0 Å². The number of nitrogens with one attached hydrogen (secondary N) is 2. The minimum absolute atomic E-state index is 0.504. The van der Waals surface area contributed by atoms with Crippen molar-refractivity contribution in [3.8, 4) is 0 Å². The molecular formula is C22H36N4O. The molecule has 1 saturated carbocycles. The number of aliphatic imine (C=N–C) groups is 1. The monoisotopic (exact) mass is 372 g/mol. The van der Waals surface area contributed by atoms with Gasteiger partial charge in [-0.1, -0.05) is 31.4 Å². The summed E-state index contributed by atoms with van der Waals surface area (Å²) >= 11 is 0. The van der Waals surface area contributed by atoms with Crippen LogP contribution in [0.4, 0.5) is 0 Å². The van der Waals surface area contributed by atoms with Gasteiger partial charge >= 0.3 is 0 Å². The van der Waals surface area contributed by atoms with E-state index in [9.17, 15) is 0 Å². The number of rotatable bonds is 7. The Kier molecular flexibility index (Phi) is 7.81. The zero-order chi connectivity index (χ0) is 18.9. The molecule has 1 aliphatic heterocycles. The maximum atomic E-state index is 5.44. The van der Waals surface area contributed by atoms with E-state index < -0.39 is 0 Å². The molecule has 0 atom stereocenters. The lowest BCUT2D eigenvalue weighted by Crippen LogP contribution is -2.51. The summed E-state index contributed by atoms with van der Waals surface area (Å²) < 4.78 is 5.44. The van der Waals surface area contributed by atoms with E-state index >= 15 is 0 Å². The third kappa shape index (κ3) is 7.06. The highest BCUT2D eigenvalue weighted by atomic mass is 16.3. The molecule has 0 aromatic carbocycles. The molecule has 150 valence electrons. The lowest BCUT2D eigenvalue weighted by molar-refractivity contribution is 0.220. The van der Waals surface area contributed by atoms with Gasteiger partial charge in [-0.05, 0) is 44.7 Å². The number of hydrogen-bond acceptors (Lipinski definition) is 3. The first-order valence-electron chi connectivity index (χ1n) is 10.7. The lowest BCUT2D eigenvalue weighted by atomic mass is 9.95. The number of hydrogen-bond donors (Lipinski definition) is 2. The van der Waals surface area contributed by atoms with Gasteiger partial charge in [0, 0.05) is 44.7 Å². The third-order valence-corrected chi connectivity index (χ3v) is 5.58. The highest BCUT2D eigenvalue weighted by Gasteiger charge is 2.21. The van der Waals surface area contributed by atoms with E-state index in [1.165, 1.54) is 37.7 Å². The fourth-order valence-corrected chi connectivity index (χ4v) is 4.12. The predicted molar refractivity (Wildman–Crippen MR) is 112 cm³/mol. The van der Waals surface area contributed by atoms with E-state index in [1.54, 1.807) is 6.26 Å². The topological polar surface area (TPSA) is 52.8 Å². The smallest absolute Gasteiger partial charge is 0.191 e. The Morgan fingerprint density at radius 1 is 1.15 bits per heavy atom. The van der Waals surface area contributed by atoms with Gasteiger partial charge < -0.3 is 15.1 Å². The second-order valence-corrected chi connectivity index (χ2v) is 8.19. The minimum atomic E-state index is 0.504. The molecular weight excluding hydrogens is 336 g/mol. The van der Waals surface area contributed by atoms with Crippen LogP contribution >= 0.6 is 0 Å². The molecule has 2 heterocycles. The Balaban J connectivity index is 1.51. The first-order valence-corrected chi connectivity index (χ1v) is 10.7. The molecule has 2 N–H and O–H groups in total. The largest absolute Gasteiger partial charge is 0.469 e. The van der Waals surface area contributed by atoms with Gasteiger partial charge in [-0.2, -0.15) is 0 Å². The highest BCUT2D eigenvalue weighted by molar-refractivity contribution is 5.80. The number of piperidine rings is 1. The summed E-state index contributed by atoms with van der Waals surface area (Å²) in [5.74, 6) is 2.00. The molecule has 0 spiro atoms. The molecule has 1 saturated heterocycles. The number of likely N-dealkylation sites (tertiary alicyclic amines) is 1. The third-order valence-electron chi connectivity index (χ3n) is 5.58. The van der Waals surface area contributed by atoms with Crippen molar-refractivity contribution < 1.29 is 4.42 Å². The van der Waals surface area contributed by atoms with Crippen LogP contribution < -0.4 is 10.6 Å². The van der Waals surface area contributed by atoms with E-state index in [-0.39, 0.29) is 0 Å². The molecule has 1 aromatic heterocycles. The Morgan fingerprint density at radius 3 is 2.48 bits per heavy atom. The van der Waals surface area contributed by atoms with Crippen molar-refractivity contribution in [3.05, 3.63) is 36.3 Å². The fourth-order valence-electron chi connectivity index (χ4n) is 4.12. The van der Waals surface area contributed by atoms with Gasteiger partial charge in [-0.25, -0.2) is 0 Å². The van der Waals surface area contributed by atoms with Crippen LogP contribution in [0, 0.1) is 0 Å². The Bertz CT molecular complexity index is 581. The van der Waals surface area contributed by atoms with E-state index in [0.29, 0.717) is 12.1 Å². The van der Waals surface area contributed by atoms with Crippen molar-refractivity contribution in [2.45, 2.75) is 70.4 Å². The number of furan rings is 1. The van der Waals surface area contributed by atoms with Crippen LogP contribution in [0.2, 0.25) is 0 Å². The van der Waals surface area contributed by atoms with E-state index in [1.807, 2.05) is 12.1 Å². The van der Waals surface area contributed by atoms with E-state index in [0.717, 1.165) is 57.2 Å². The fraction of sp³-hybridized carbons (Fsp3) is 0.682. The summed E-state index contributed by atoms with van der Waals surface area (Å²) in [4.78, 5) is 7.36. The maximum absolute atomic E-state index is 5.44. The second-order valence-electron chi connectivity index (χ2n) is 8.19. The molecule has 5 nitrogen and oxygen atoms in total. The molecule has 0 unspecified atom stereocenters. The quantitative estimate of drug-likeness (QED) is 0.435. The van der Waals surface area contributed by atoms with Crippen LogP contribution in [-0.4, -0.2) is 49.1 Å². The van der Waals surface area contributed by atoms with Gasteiger partial charge in [0.05, 0.1) is 6.26 Å². The maximum Gasteiger partial charge on any atom is 0.191 e. The molecule has 0 bridgehead atoms. The summed E-state index contributed by atoms with van der Waals surface area (Å²) in [6.07, 6.45) is 11.5. The van der Waals surface area contributed by atoms with Crippen molar-refractivity contribution in [2.24, 2.45) is 4.99 Å². The molecule has 2 fully saturated rings. The molecule has 0 radical (unpaired) electrons. The van der Waals surface area contributed by atoms with Crippen molar-refractivity contribution in [3.63, 3.8) is 0 Å². The van der Waals surface area contributed by atoms with Crippen LogP contribution in [0.1, 0.15) is 57.6 Å². The average molecular weight is 373 g/mol. The normalized spacial score (nSPS) is 20.6. The molecule has 1 aliphatic carbocycles. The van der Waals surface area contributed by atoms with E-state index in [2.05, 4.69) is 29.0 Å². The SMILES string of the molecule is C=C(C)CN1CCC(NC(=NCCc2ccco2)NC2CCCCC2)CC1. The van der Waals surface area contributed by atoms with Gasteiger partial charge in [0.2, 0.25) is 0 Å². The second kappa shape index (κ2) is 10.5. The van der Waals surface area contributed by atoms with Crippen LogP contribution in [0.5, 0.6) is 0 Å². The standard InChI is InChI=1S/C22H36N4O/c1-18(2)17-26-14-11-20(12-15-26)25-22(24-19-7-4-3-5-8-19)23-13-10-21-9-6-16-27-21/h6,9,16,19-20H,1,3-5,7-8,10-15,17H2,2H3,(H2,23,24,25). The zero-order valence-electron chi connectivity index (χ0n) is 16.9. The Morgan fingerprint density at radius 2 is 1.85 bits per heavy atom. The first-order chi connectivity index (χ1) is 13.2. The zero-order valence-corrected chi connectivity index (χ0v) is 16.9. The minimum Gasteiger partial charge on any atom is -0.469 e. The highest BCUT2D eigenvalue weighted by Crippen LogP contribution is 2.17. The number of guanidine groups is 1. The molecule has 27 heavy (non-hydrogen) atoms. The van der Waals surface area contributed by atoms with Crippen LogP contribution in [0.15, 0.2) is 40.0 Å². The average Bonchev–Trinajstić information content (AvgIpc) is 3.17. The summed E-state index contributed by atoms with van der Waals surface area (Å²) in [6.45, 7) is 10.2. The van der Waals surface area contributed by atoms with Crippen molar-refractivity contribution in [2.75, 3.05) is 26.2 Å².